The van der Waals surface area contributed by atoms with Gasteiger partial charge < -0.3 is 14.2 Å². The molecule has 13 heteroatoms. The number of anilines is 1. The third kappa shape index (κ3) is 4.57. The highest BCUT2D eigenvalue weighted by Gasteiger charge is 2.37. The van der Waals surface area contributed by atoms with Crippen LogP contribution in [0.2, 0.25) is 0 Å². The number of sulfonamides is 1. The molecule has 1 aliphatic heterocycles. The van der Waals surface area contributed by atoms with Gasteiger partial charge in [0.15, 0.2) is 0 Å². The highest BCUT2D eigenvalue weighted by Crippen LogP contribution is 2.33. The van der Waals surface area contributed by atoms with Gasteiger partial charge in [-0.25, -0.2) is 17.9 Å². The Kier molecular flexibility index (Phi) is 6.31. The van der Waals surface area contributed by atoms with Gasteiger partial charge in [-0.1, -0.05) is 18.3 Å². The number of esters is 1. The number of nitrogens with one attached hydrogen (secondary N) is 2. The molecule has 1 aromatic rings. The van der Waals surface area contributed by atoms with Crippen LogP contribution in [0, 0.1) is 5.92 Å². The fourth-order valence-corrected chi connectivity index (χ4v) is 4.59. The Labute approximate surface area is 177 Å². The molecule has 3 rings (SSSR count). The molecule has 11 nitrogen and oxygen atoms in total. The SMILES string of the molecule is COc1cc(OC)nc(NC(=O)NS(=O)(=O)C2=C(C3CCOC3=O)C(=S)CC=C2)n1. The zero-order valence-corrected chi connectivity index (χ0v) is 17.6. The molecule has 2 N–H and O–H groups in total. The molecular formula is C17H18N4O7S2. The molecule has 1 aliphatic carbocycles. The van der Waals surface area contributed by atoms with E-state index < -0.39 is 27.9 Å². The Hall–Kier alpha value is -3.06. The normalized spacial score (nSPS) is 18.8. The summed E-state index contributed by atoms with van der Waals surface area (Å²) in [5.74, 6) is -1.36. The first-order valence-corrected chi connectivity index (χ1v) is 10.6. The Morgan fingerprint density at radius 3 is 2.50 bits per heavy atom. The Balaban J connectivity index is 1.86. The monoisotopic (exact) mass is 454 g/mol. The summed E-state index contributed by atoms with van der Waals surface area (Å²) >= 11 is 5.28. The van der Waals surface area contributed by atoms with E-state index in [9.17, 15) is 18.0 Å². The molecule has 1 fully saturated rings. The van der Waals surface area contributed by atoms with E-state index in [4.69, 9.17) is 26.4 Å². The number of methoxy groups -OCH3 is 2. The van der Waals surface area contributed by atoms with Crippen LogP contribution < -0.4 is 19.5 Å². The van der Waals surface area contributed by atoms with E-state index >= 15 is 0 Å². The molecule has 0 spiro atoms. The molecule has 160 valence electrons. The third-order valence-electron chi connectivity index (χ3n) is 4.26. The van der Waals surface area contributed by atoms with Gasteiger partial charge in [-0.3, -0.25) is 10.1 Å². The topological polar surface area (TPSA) is 146 Å². The fraction of sp³-hybridized carbons (Fsp3) is 0.353. The van der Waals surface area contributed by atoms with E-state index in [0.29, 0.717) is 17.7 Å². The zero-order chi connectivity index (χ0) is 21.9. The van der Waals surface area contributed by atoms with Crippen LogP contribution in [0.1, 0.15) is 12.8 Å². The molecule has 0 bridgehead atoms. The number of amides is 2. The van der Waals surface area contributed by atoms with Crippen molar-refractivity contribution in [3.05, 3.63) is 28.7 Å². The highest BCUT2D eigenvalue weighted by molar-refractivity contribution is 7.94. The van der Waals surface area contributed by atoms with E-state index in [-0.39, 0.29) is 34.8 Å². The van der Waals surface area contributed by atoms with Gasteiger partial charge in [0.25, 0.3) is 10.0 Å². The summed E-state index contributed by atoms with van der Waals surface area (Å²) in [6.07, 6.45) is 3.49. The minimum atomic E-state index is -4.36. The van der Waals surface area contributed by atoms with E-state index in [1.807, 2.05) is 4.72 Å². The number of allylic oxidation sites excluding steroid dienone is 2. The fourth-order valence-electron chi connectivity index (χ4n) is 2.94. The number of aromatic nitrogens is 2. The number of ether oxygens (including phenoxy) is 3. The molecule has 1 atom stereocenters. The number of carbonyl (C=O) groups excluding carboxylic acids is 2. The number of hydrogen-bond donors (Lipinski definition) is 2. The summed E-state index contributed by atoms with van der Waals surface area (Å²) in [7, 11) is -1.64. The van der Waals surface area contributed by atoms with Crippen LogP contribution in [0.5, 0.6) is 11.8 Å². The Morgan fingerprint density at radius 1 is 1.27 bits per heavy atom. The number of carbonyl (C=O) groups is 2. The van der Waals surface area contributed by atoms with Crippen molar-refractivity contribution < 1.29 is 32.2 Å². The average Bonchev–Trinajstić information content (AvgIpc) is 3.12. The van der Waals surface area contributed by atoms with Crippen molar-refractivity contribution in [2.75, 3.05) is 26.1 Å². The molecule has 0 saturated carbocycles. The lowest BCUT2D eigenvalue weighted by Gasteiger charge is -2.20. The number of nitrogens with zero attached hydrogens (tertiary/aromatic N) is 2. The molecule has 2 amide bonds. The first kappa shape index (κ1) is 21.6. The van der Waals surface area contributed by atoms with Gasteiger partial charge in [-0.2, -0.15) is 9.97 Å². The smallest absolute Gasteiger partial charge is 0.335 e. The van der Waals surface area contributed by atoms with Gasteiger partial charge in [-0.05, 0) is 12.5 Å². The number of hydrogen-bond acceptors (Lipinski definition) is 10. The number of rotatable bonds is 6. The number of urea groups is 1. The zero-order valence-electron chi connectivity index (χ0n) is 16.0. The molecule has 0 aromatic carbocycles. The number of thiocarbonyl (C=S) groups is 1. The molecule has 1 aromatic heterocycles. The largest absolute Gasteiger partial charge is 0.481 e. The van der Waals surface area contributed by atoms with Crippen LogP contribution in [0.4, 0.5) is 10.7 Å². The second-order valence-corrected chi connectivity index (χ2v) is 8.30. The van der Waals surface area contributed by atoms with Gasteiger partial charge >= 0.3 is 12.0 Å². The lowest BCUT2D eigenvalue weighted by atomic mass is 9.90. The maximum Gasteiger partial charge on any atom is 0.335 e. The molecular weight excluding hydrogens is 436 g/mol. The predicted octanol–water partition coefficient (Wildman–Crippen LogP) is 1.09. The van der Waals surface area contributed by atoms with Crippen molar-refractivity contribution in [1.82, 2.24) is 14.7 Å². The summed E-state index contributed by atoms with van der Waals surface area (Å²) in [6.45, 7) is 0.176. The van der Waals surface area contributed by atoms with Gasteiger partial charge in [0, 0.05) is 16.9 Å². The number of cyclic esters (lactones) is 1. The Morgan fingerprint density at radius 2 is 1.93 bits per heavy atom. The first-order chi connectivity index (χ1) is 14.2. The standard InChI is InChI=1S/C17H18N4O7S2/c1-26-12-8-13(27-2)19-16(18-12)20-17(23)21-30(24,25)11-5-3-4-10(29)14(11)9-6-7-28-15(9)22/h3,5,8-9H,4,6-7H2,1-2H3,(H2,18,19,20,21,23). The summed E-state index contributed by atoms with van der Waals surface area (Å²) in [5.41, 5.74) is 0.176. The van der Waals surface area contributed by atoms with Crippen LogP contribution in [0.25, 0.3) is 0 Å². The molecule has 1 unspecified atom stereocenters. The van der Waals surface area contributed by atoms with E-state index in [1.165, 1.54) is 26.4 Å². The third-order valence-corrected chi connectivity index (χ3v) is 6.04. The van der Waals surface area contributed by atoms with Crippen molar-refractivity contribution in [1.29, 1.82) is 0 Å². The second-order valence-electron chi connectivity index (χ2n) is 6.15. The molecule has 1 saturated heterocycles. The van der Waals surface area contributed by atoms with Crippen molar-refractivity contribution in [2.24, 2.45) is 5.92 Å². The van der Waals surface area contributed by atoms with Crippen LogP contribution in [0.3, 0.4) is 0 Å². The minimum absolute atomic E-state index is 0.102. The van der Waals surface area contributed by atoms with Gasteiger partial charge in [0.2, 0.25) is 17.7 Å². The first-order valence-electron chi connectivity index (χ1n) is 8.66. The summed E-state index contributed by atoms with van der Waals surface area (Å²) in [6, 6.07) is 0.266. The van der Waals surface area contributed by atoms with Gasteiger partial charge in [0.1, 0.15) is 0 Å². The summed E-state index contributed by atoms with van der Waals surface area (Å²) in [5, 5.41) is 2.21. The van der Waals surface area contributed by atoms with Gasteiger partial charge in [0.05, 0.1) is 37.7 Å². The van der Waals surface area contributed by atoms with Crippen LogP contribution in [0.15, 0.2) is 28.7 Å². The maximum atomic E-state index is 12.9. The van der Waals surface area contributed by atoms with Crippen molar-refractivity contribution in [3.63, 3.8) is 0 Å². The minimum Gasteiger partial charge on any atom is -0.481 e. The second kappa shape index (κ2) is 8.75. The van der Waals surface area contributed by atoms with Crippen molar-refractivity contribution >= 4 is 45.1 Å². The summed E-state index contributed by atoms with van der Waals surface area (Å²) < 4.78 is 42.5. The van der Waals surface area contributed by atoms with Crippen LogP contribution in [-0.2, 0) is 19.6 Å². The molecule has 2 aliphatic rings. The average molecular weight is 454 g/mol. The highest BCUT2D eigenvalue weighted by atomic mass is 32.2. The lowest BCUT2D eigenvalue weighted by molar-refractivity contribution is -0.140. The molecule has 2 heterocycles. The molecule has 0 radical (unpaired) electrons. The van der Waals surface area contributed by atoms with Gasteiger partial charge in [-0.15, -0.1) is 0 Å². The van der Waals surface area contributed by atoms with E-state index in [1.54, 1.807) is 6.08 Å². The van der Waals surface area contributed by atoms with Crippen LogP contribution in [-0.4, -0.2) is 56.1 Å². The Bertz CT molecular complexity index is 1040. The quantitative estimate of drug-likeness (QED) is 0.473. The van der Waals surface area contributed by atoms with Crippen LogP contribution >= 0.6 is 12.2 Å². The van der Waals surface area contributed by atoms with E-state index in [2.05, 4.69) is 15.3 Å². The lowest BCUT2D eigenvalue weighted by Crippen LogP contribution is -2.37. The predicted molar refractivity (Wildman–Crippen MR) is 109 cm³/mol. The molecule has 30 heavy (non-hydrogen) atoms. The van der Waals surface area contributed by atoms with Crippen molar-refractivity contribution in [2.45, 2.75) is 12.8 Å². The maximum absolute atomic E-state index is 12.9. The summed E-state index contributed by atoms with van der Waals surface area (Å²) in [4.78, 5) is 32.2. The van der Waals surface area contributed by atoms with Crippen molar-refractivity contribution in [3.8, 4) is 11.8 Å². The van der Waals surface area contributed by atoms with E-state index in [0.717, 1.165) is 0 Å².